The highest BCUT2D eigenvalue weighted by molar-refractivity contribution is 7.55. The lowest BCUT2D eigenvalue weighted by atomic mass is 9.81. The molecule has 0 radical (unpaired) electrons. The number of nitrogens with zero attached hydrogens (tertiary/aromatic N) is 2. The lowest BCUT2D eigenvalue weighted by molar-refractivity contribution is 0.273. The molecule has 4 N–H and O–H groups in total. The van der Waals surface area contributed by atoms with Crippen molar-refractivity contribution in [1.29, 1.82) is 10.5 Å². The predicted molar refractivity (Wildman–Crippen MR) is 56.7 cm³/mol. The van der Waals surface area contributed by atoms with E-state index in [1.165, 1.54) is 12.1 Å². The summed E-state index contributed by atoms with van der Waals surface area (Å²) in [6, 6.07) is 2.40. The Hall–Kier alpha value is -0.720. The second-order valence-electron chi connectivity index (χ2n) is 4.18. The fourth-order valence-electron chi connectivity index (χ4n) is 1.48. The van der Waals surface area contributed by atoms with Crippen LogP contribution in [0.3, 0.4) is 0 Å². The highest BCUT2D eigenvalue weighted by Crippen LogP contribution is 2.61. The summed E-state index contributed by atoms with van der Waals surface area (Å²) >= 11 is 0. The van der Waals surface area contributed by atoms with E-state index in [4.69, 9.17) is 30.1 Å². The van der Waals surface area contributed by atoms with Gasteiger partial charge in [-0.25, -0.2) is 0 Å². The van der Waals surface area contributed by atoms with Gasteiger partial charge in [-0.1, -0.05) is 13.8 Å². The standard InChI is InChI=1S/C7H12N2O6P2/c1-6(2,5-16(10,11)12)7(3-8,4-9)17(13,14)15/h5H2,1-2H3,(H2,10,11,12)(H2,13,14,15). The summed E-state index contributed by atoms with van der Waals surface area (Å²) in [5.41, 5.74) is -1.87. The zero-order valence-electron chi connectivity index (χ0n) is 9.10. The maximum absolute atomic E-state index is 11.2. The fourth-order valence-corrected chi connectivity index (χ4v) is 4.00. The summed E-state index contributed by atoms with van der Waals surface area (Å²) in [6.45, 7) is 2.11. The van der Waals surface area contributed by atoms with E-state index in [0.717, 1.165) is 13.8 Å². The molecule has 0 amide bonds. The van der Waals surface area contributed by atoms with Crippen molar-refractivity contribution < 1.29 is 28.7 Å². The zero-order chi connectivity index (χ0) is 14.1. The van der Waals surface area contributed by atoms with Gasteiger partial charge in [0.1, 0.15) is 0 Å². The zero-order valence-corrected chi connectivity index (χ0v) is 10.9. The van der Waals surface area contributed by atoms with Gasteiger partial charge in [0.25, 0.3) is 0 Å². The van der Waals surface area contributed by atoms with Gasteiger partial charge < -0.3 is 19.6 Å². The van der Waals surface area contributed by atoms with E-state index in [9.17, 15) is 9.13 Å². The molecule has 0 unspecified atom stereocenters. The minimum atomic E-state index is -5.18. The van der Waals surface area contributed by atoms with Crippen LogP contribution in [0.1, 0.15) is 13.8 Å². The Morgan fingerprint density at radius 1 is 1.06 bits per heavy atom. The minimum absolute atomic E-state index is 0.980. The first-order valence-corrected chi connectivity index (χ1v) is 7.67. The van der Waals surface area contributed by atoms with Gasteiger partial charge in [-0.15, -0.1) is 0 Å². The molecule has 10 heteroatoms. The molecule has 0 saturated carbocycles. The molecule has 0 rings (SSSR count). The maximum Gasteiger partial charge on any atom is 0.360 e. The van der Waals surface area contributed by atoms with Crippen LogP contribution in [0.2, 0.25) is 0 Å². The van der Waals surface area contributed by atoms with Crippen LogP contribution < -0.4 is 0 Å². The Kier molecular flexibility index (Phi) is 4.32. The second kappa shape index (κ2) is 4.51. The molecule has 0 aromatic carbocycles. The molecule has 0 atom stereocenters. The number of rotatable bonds is 4. The van der Waals surface area contributed by atoms with Gasteiger partial charge in [0.05, 0.1) is 18.3 Å². The van der Waals surface area contributed by atoms with E-state index < -0.39 is 31.9 Å². The van der Waals surface area contributed by atoms with Crippen LogP contribution in [-0.2, 0) is 9.13 Å². The minimum Gasteiger partial charge on any atom is -0.324 e. The molecule has 17 heavy (non-hydrogen) atoms. The van der Waals surface area contributed by atoms with Crippen LogP contribution in [0.15, 0.2) is 0 Å². The molecule has 0 aromatic rings. The molecule has 0 bridgehead atoms. The SMILES string of the molecule is CC(C)(CP(=O)(O)O)C(C#N)(C#N)P(=O)(O)O. The van der Waals surface area contributed by atoms with E-state index in [1.54, 1.807) is 0 Å². The summed E-state index contributed by atoms with van der Waals surface area (Å²) < 4.78 is 22.1. The molecule has 96 valence electrons. The molecule has 0 aliphatic rings. The van der Waals surface area contributed by atoms with Gasteiger partial charge in [-0.05, 0) is 0 Å². The van der Waals surface area contributed by atoms with E-state index in [0.29, 0.717) is 0 Å². The van der Waals surface area contributed by atoms with Crippen LogP contribution in [0.25, 0.3) is 0 Å². The molecule has 0 heterocycles. The molecule has 0 aliphatic heterocycles. The van der Waals surface area contributed by atoms with Gasteiger partial charge in [0.15, 0.2) is 0 Å². The Morgan fingerprint density at radius 3 is 1.59 bits per heavy atom. The van der Waals surface area contributed by atoms with Gasteiger partial charge >= 0.3 is 15.2 Å². The fraction of sp³-hybridized carbons (Fsp3) is 0.714. The Labute approximate surface area is 97.8 Å². The monoisotopic (exact) mass is 282 g/mol. The van der Waals surface area contributed by atoms with Crippen molar-refractivity contribution in [3.63, 3.8) is 0 Å². The lowest BCUT2D eigenvalue weighted by Gasteiger charge is -2.36. The predicted octanol–water partition coefficient (Wildman–Crippen LogP) is 0.154. The molecule has 0 spiro atoms. The first-order chi connectivity index (χ1) is 7.33. The van der Waals surface area contributed by atoms with Crippen molar-refractivity contribution in [2.75, 3.05) is 6.16 Å². The topological polar surface area (TPSA) is 163 Å². The van der Waals surface area contributed by atoms with E-state index in [1.807, 2.05) is 0 Å². The summed E-state index contributed by atoms with van der Waals surface area (Å²) in [6.07, 6.45) is -0.980. The van der Waals surface area contributed by atoms with Crippen LogP contribution in [0, 0.1) is 28.1 Å². The second-order valence-corrected chi connectivity index (χ2v) is 7.59. The van der Waals surface area contributed by atoms with Crippen molar-refractivity contribution in [3.8, 4) is 12.1 Å². The van der Waals surface area contributed by atoms with E-state index in [-0.39, 0.29) is 0 Å². The molecule has 0 aliphatic carbocycles. The summed E-state index contributed by atoms with van der Waals surface area (Å²) in [4.78, 5) is 35.8. The van der Waals surface area contributed by atoms with Crippen LogP contribution in [0.4, 0.5) is 0 Å². The average molecular weight is 282 g/mol. The molecular formula is C7H12N2O6P2. The summed E-state index contributed by atoms with van der Waals surface area (Å²) in [7, 11) is -9.81. The smallest absolute Gasteiger partial charge is 0.324 e. The quantitative estimate of drug-likeness (QED) is 0.529. The number of hydrogen-bond donors (Lipinski definition) is 4. The first-order valence-electron chi connectivity index (χ1n) is 4.26. The Bertz CT molecular complexity index is 462. The van der Waals surface area contributed by atoms with E-state index in [2.05, 4.69) is 0 Å². The number of hydrogen-bond acceptors (Lipinski definition) is 4. The number of nitriles is 2. The normalized spacial score (nSPS) is 13.9. The lowest BCUT2D eigenvalue weighted by Crippen LogP contribution is -2.44. The Morgan fingerprint density at radius 2 is 1.41 bits per heavy atom. The van der Waals surface area contributed by atoms with Gasteiger partial charge in [-0.2, -0.15) is 10.5 Å². The molecule has 0 fully saturated rings. The third-order valence-corrected chi connectivity index (χ3v) is 5.22. The third-order valence-electron chi connectivity index (χ3n) is 2.34. The van der Waals surface area contributed by atoms with Crippen molar-refractivity contribution in [2.24, 2.45) is 5.41 Å². The Balaban J connectivity index is 5.87. The largest absolute Gasteiger partial charge is 0.360 e. The van der Waals surface area contributed by atoms with Crippen molar-refractivity contribution in [1.82, 2.24) is 0 Å². The van der Waals surface area contributed by atoms with Crippen molar-refractivity contribution in [2.45, 2.75) is 19.0 Å². The average Bonchev–Trinajstić information content (AvgIpc) is 1.98. The molecule has 0 aromatic heterocycles. The molecular weight excluding hydrogens is 270 g/mol. The van der Waals surface area contributed by atoms with Gasteiger partial charge in [-0.3, -0.25) is 9.13 Å². The van der Waals surface area contributed by atoms with E-state index >= 15 is 0 Å². The molecule has 0 saturated heterocycles. The van der Waals surface area contributed by atoms with Crippen LogP contribution in [-0.4, -0.2) is 30.9 Å². The van der Waals surface area contributed by atoms with Crippen molar-refractivity contribution >= 4 is 15.2 Å². The summed E-state index contributed by atoms with van der Waals surface area (Å²) in [5, 5.41) is 14.9. The maximum atomic E-state index is 11.2. The first kappa shape index (κ1) is 16.3. The van der Waals surface area contributed by atoms with Gasteiger partial charge in [0, 0.05) is 5.41 Å². The third kappa shape index (κ3) is 3.14. The highest BCUT2D eigenvalue weighted by Gasteiger charge is 2.60. The van der Waals surface area contributed by atoms with Crippen LogP contribution in [0.5, 0.6) is 0 Å². The highest BCUT2D eigenvalue weighted by atomic mass is 31.2. The van der Waals surface area contributed by atoms with Gasteiger partial charge in [0.2, 0.25) is 5.16 Å². The van der Waals surface area contributed by atoms with Crippen molar-refractivity contribution in [3.05, 3.63) is 0 Å². The molecule has 8 nitrogen and oxygen atoms in total. The summed E-state index contributed by atoms with van der Waals surface area (Å²) in [5.74, 6) is 0. The van der Waals surface area contributed by atoms with Crippen LogP contribution >= 0.6 is 15.2 Å².